The molecule has 28 heavy (non-hydrogen) atoms. The van der Waals surface area contributed by atoms with Gasteiger partial charge in [0.1, 0.15) is 5.82 Å². The van der Waals surface area contributed by atoms with E-state index >= 15 is 0 Å². The van der Waals surface area contributed by atoms with Gasteiger partial charge in [-0.3, -0.25) is 9.47 Å². The Hall–Kier alpha value is -2.96. The Morgan fingerprint density at radius 3 is 2.75 bits per heavy atom. The Bertz CT molecular complexity index is 1040. The van der Waals surface area contributed by atoms with Crippen LogP contribution in [0.2, 0.25) is 0 Å². The van der Waals surface area contributed by atoms with Gasteiger partial charge in [-0.25, -0.2) is 9.67 Å². The SMILES string of the molecule is CCn1c(-c2ccco2)nn(CN2CCN(c3cc(C#N)ccn3)CC2)c1=S. The van der Waals surface area contributed by atoms with Crippen LogP contribution >= 0.6 is 12.2 Å². The summed E-state index contributed by atoms with van der Waals surface area (Å²) in [5.74, 6) is 2.33. The maximum Gasteiger partial charge on any atom is 0.199 e. The smallest absolute Gasteiger partial charge is 0.199 e. The molecule has 9 heteroatoms. The van der Waals surface area contributed by atoms with E-state index in [4.69, 9.17) is 27.0 Å². The Balaban J connectivity index is 1.45. The molecule has 1 aliphatic heterocycles. The molecule has 4 heterocycles. The third kappa shape index (κ3) is 3.56. The van der Waals surface area contributed by atoms with Crippen LogP contribution in [0.4, 0.5) is 5.82 Å². The largest absolute Gasteiger partial charge is 0.461 e. The minimum absolute atomic E-state index is 0.634. The highest BCUT2D eigenvalue weighted by Gasteiger charge is 2.21. The standard InChI is InChI=1S/C19H21N7OS/c1-2-25-18(16-4-3-11-27-16)22-26(19(25)28)14-23-7-9-24(10-8-23)17-12-15(13-20)5-6-21-17/h3-6,11-12H,2,7-10,14H2,1H3. The molecule has 8 nitrogen and oxygen atoms in total. The zero-order chi connectivity index (χ0) is 19.5. The molecule has 0 bridgehead atoms. The van der Waals surface area contributed by atoms with Gasteiger partial charge in [0, 0.05) is 38.9 Å². The van der Waals surface area contributed by atoms with Gasteiger partial charge in [0.25, 0.3) is 0 Å². The van der Waals surface area contributed by atoms with Crippen LogP contribution in [0.1, 0.15) is 12.5 Å². The van der Waals surface area contributed by atoms with Crippen LogP contribution in [0.15, 0.2) is 41.1 Å². The third-order valence-electron chi connectivity index (χ3n) is 4.89. The minimum atomic E-state index is 0.634. The Morgan fingerprint density at radius 1 is 1.25 bits per heavy atom. The third-order valence-corrected chi connectivity index (χ3v) is 5.32. The highest BCUT2D eigenvalue weighted by Crippen LogP contribution is 2.20. The quantitative estimate of drug-likeness (QED) is 0.615. The first-order chi connectivity index (χ1) is 13.7. The first-order valence-corrected chi connectivity index (χ1v) is 9.65. The van der Waals surface area contributed by atoms with Gasteiger partial charge >= 0.3 is 0 Å². The second-order valence-corrected chi connectivity index (χ2v) is 6.95. The van der Waals surface area contributed by atoms with E-state index in [1.807, 2.05) is 27.4 Å². The van der Waals surface area contributed by atoms with Gasteiger partial charge in [-0.15, -0.1) is 5.10 Å². The van der Waals surface area contributed by atoms with Gasteiger partial charge in [0.2, 0.25) is 0 Å². The summed E-state index contributed by atoms with van der Waals surface area (Å²) in [6, 6.07) is 9.48. The van der Waals surface area contributed by atoms with E-state index in [-0.39, 0.29) is 0 Å². The van der Waals surface area contributed by atoms with Gasteiger partial charge in [0.15, 0.2) is 16.4 Å². The molecule has 4 rings (SSSR count). The molecule has 0 aliphatic carbocycles. The molecule has 0 spiro atoms. The Morgan fingerprint density at radius 2 is 2.07 bits per heavy atom. The molecule has 3 aromatic heterocycles. The topological polar surface area (TPSA) is 79.0 Å². The van der Waals surface area contributed by atoms with Crippen LogP contribution < -0.4 is 4.90 Å². The number of pyridine rings is 1. The number of hydrogen-bond donors (Lipinski definition) is 0. The van der Waals surface area contributed by atoms with E-state index < -0.39 is 0 Å². The van der Waals surface area contributed by atoms with Crippen LogP contribution in [0, 0.1) is 16.1 Å². The average molecular weight is 395 g/mol. The van der Waals surface area contributed by atoms with Crippen molar-refractivity contribution in [1.82, 2.24) is 24.2 Å². The maximum absolute atomic E-state index is 9.07. The predicted molar refractivity (Wildman–Crippen MR) is 107 cm³/mol. The van der Waals surface area contributed by atoms with Gasteiger partial charge in [-0.05, 0) is 43.4 Å². The monoisotopic (exact) mass is 395 g/mol. The van der Waals surface area contributed by atoms with Gasteiger partial charge < -0.3 is 9.32 Å². The molecular weight excluding hydrogens is 374 g/mol. The summed E-state index contributed by atoms with van der Waals surface area (Å²) in [6.45, 7) is 6.85. The lowest BCUT2D eigenvalue weighted by Crippen LogP contribution is -2.47. The van der Waals surface area contributed by atoms with Crippen LogP contribution in [0.25, 0.3) is 11.6 Å². The van der Waals surface area contributed by atoms with Crippen molar-refractivity contribution in [2.45, 2.75) is 20.1 Å². The predicted octanol–water partition coefficient (Wildman–Crippen LogP) is 2.74. The summed E-state index contributed by atoms with van der Waals surface area (Å²) >= 11 is 5.63. The molecule has 0 N–H and O–H groups in total. The molecular formula is C19H21N7OS. The normalized spacial score (nSPS) is 14.9. The lowest BCUT2D eigenvalue weighted by molar-refractivity contribution is 0.194. The number of furan rings is 1. The van der Waals surface area contributed by atoms with Crippen molar-refractivity contribution < 1.29 is 4.42 Å². The molecule has 0 radical (unpaired) electrons. The highest BCUT2D eigenvalue weighted by atomic mass is 32.1. The Kier molecular flexibility index (Phi) is 5.23. The summed E-state index contributed by atoms with van der Waals surface area (Å²) in [7, 11) is 0. The molecule has 1 fully saturated rings. The first kappa shape index (κ1) is 18.4. The Labute approximate surface area is 168 Å². The molecule has 1 aliphatic rings. The van der Waals surface area contributed by atoms with E-state index in [2.05, 4.69) is 27.8 Å². The maximum atomic E-state index is 9.07. The fraction of sp³-hybridized carbons (Fsp3) is 0.368. The molecule has 0 unspecified atom stereocenters. The van der Waals surface area contributed by atoms with E-state index in [9.17, 15) is 0 Å². The highest BCUT2D eigenvalue weighted by molar-refractivity contribution is 7.71. The molecule has 144 valence electrons. The van der Waals surface area contributed by atoms with Crippen LogP contribution in [0.3, 0.4) is 0 Å². The number of nitrogens with zero attached hydrogens (tertiary/aromatic N) is 7. The molecule has 0 saturated carbocycles. The second kappa shape index (κ2) is 7.96. The van der Waals surface area contributed by atoms with Gasteiger partial charge in [-0.2, -0.15) is 5.26 Å². The fourth-order valence-corrected chi connectivity index (χ4v) is 3.69. The zero-order valence-corrected chi connectivity index (χ0v) is 16.5. The summed E-state index contributed by atoms with van der Waals surface area (Å²) in [5, 5.41) is 13.8. The second-order valence-electron chi connectivity index (χ2n) is 6.59. The van der Waals surface area contributed by atoms with E-state index in [1.54, 1.807) is 18.5 Å². The number of anilines is 1. The van der Waals surface area contributed by atoms with Crippen molar-refractivity contribution in [3.8, 4) is 17.7 Å². The summed E-state index contributed by atoms with van der Waals surface area (Å²) in [5.41, 5.74) is 0.634. The number of piperazine rings is 1. The number of hydrogen-bond acceptors (Lipinski definition) is 7. The molecule has 3 aromatic rings. The van der Waals surface area contributed by atoms with Gasteiger partial charge in [0.05, 0.1) is 24.6 Å². The van der Waals surface area contributed by atoms with Crippen molar-refractivity contribution in [2.24, 2.45) is 0 Å². The molecule has 0 amide bonds. The fourth-order valence-electron chi connectivity index (χ4n) is 3.37. The van der Waals surface area contributed by atoms with Crippen molar-refractivity contribution in [3.63, 3.8) is 0 Å². The van der Waals surface area contributed by atoms with E-state index in [0.717, 1.165) is 50.1 Å². The molecule has 0 atom stereocenters. The molecule has 0 aromatic carbocycles. The van der Waals surface area contributed by atoms with Crippen molar-refractivity contribution in [2.75, 3.05) is 31.1 Å². The number of rotatable bonds is 5. The van der Waals surface area contributed by atoms with E-state index in [0.29, 0.717) is 17.0 Å². The van der Waals surface area contributed by atoms with E-state index in [1.165, 1.54) is 0 Å². The lowest BCUT2D eigenvalue weighted by atomic mass is 10.2. The van der Waals surface area contributed by atoms with Crippen LogP contribution in [0.5, 0.6) is 0 Å². The average Bonchev–Trinajstić information content (AvgIpc) is 3.37. The van der Waals surface area contributed by atoms with Crippen molar-refractivity contribution in [3.05, 3.63) is 47.1 Å². The van der Waals surface area contributed by atoms with Gasteiger partial charge in [-0.1, -0.05) is 0 Å². The zero-order valence-electron chi connectivity index (χ0n) is 15.7. The number of nitriles is 1. The molecule has 1 saturated heterocycles. The summed E-state index contributed by atoms with van der Waals surface area (Å²) in [6.07, 6.45) is 3.33. The van der Waals surface area contributed by atoms with Crippen LogP contribution in [-0.4, -0.2) is 50.4 Å². The summed E-state index contributed by atoms with van der Waals surface area (Å²) in [4.78, 5) is 8.92. The minimum Gasteiger partial charge on any atom is -0.461 e. The number of aromatic nitrogens is 4. The lowest BCUT2D eigenvalue weighted by Gasteiger charge is -2.35. The van der Waals surface area contributed by atoms with Crippen molar-refractivity contribution >= 4 is 18.0 Å². The summed E-state index contributed by atoms with van der Waals surface area (Å²) < 4.78 is 10.1. The first-order valence-electron chi connectivity index (χ1n) is 9.24. The van der Waals surface area contributed by atoms with Crippen molar-refractivity contribution in [1.29, 1.82) is 5.26 Å². The van der Waals surface area contributed by atoms with Crippen LogP contribution in [-0.2, 0) is 13.2 Å².